The fourth-order valence-electron chi connectivity index (χ4n) is 2.17. The molecule has 0 bridgehead atoms. The number of amides is 2. The van der Waals surface area contributed by atoms with Crippen LogP contribution in [0.2, 0.25) is 5.02 Å². The number of carbonyl (C=O) groups is 2. The second kappa shape index (κ2) is 6.04. The first-order valence-corrected chi connectivity index (χ1v) is 6.56. The monoisotopic (exact) mass is 281 g/mol. The molecule has 1 atom stereocenters. The normalized spacial score (nSPS) is 19.4. The maximum absolute atomic E-state index is 12.3. The maximum Gasteiger partial charge on any atom is 0.249 e. The van der Waals surface area contributed by atoms with Gasteiger partial charge in [0, 0.05) is 6.54 Å². The maximum atomic E-state index is 12.3. The highest BCUT2D eigenvalue weighted by Crippen LogP contribution is 2.28. The Morgan fingerprint density at radius 2 is 2.21 bits per heavy atom. The summed E-state index contributed by atoms with van der Waals surface area (Å²) in [6, 6.07) is 6.67. The Labute approximate surface area is 116 Å². The third kappa shape index (κ3) is 3.05. The van der Waals surface area contributed by atoms with Crippen LogP contribution in [0.3, 0.4) is 0 Å². The van der Waals surface area contributed by atoms with Gasteiger partial charge in [-0.05, 0) is 25.0 Å². The Balaban J connectivity index is 2.17. The van der Waals surface area contributed by atoms with E-state index in [1.54, 1.807) is 17.0 Å². The number of anilines is 1. The zero-order chi connectivity index (χ0) is 13.8. The second-order valence-corrected chi connectivity index (χ2v) is 4.81. The van der Waals surface area contributed by atoms with E-state index in [1.807, 2.05) is 12.1 Å². The number of nitrogens with two attached hydrogens (primary N) is 1. The lowest BCUT2D eigenvalue weighted by Crippen LogP contribution is -2.53. The Morgan fingerprint density at radius 3 is 2.89 bits per heavy atom. The summed E-state index contributed by atoms with van der Waals surface area (Å²) in [5.41, 5.74) is 5.93. The lowest BCUT2D eigenvalue weighted by atomic mass is 10.0. The number of nitrogens with one attached hydrogen (secondary N) is 1. The van der Waals surface area contributed by atoms with Crippen LogP contribution in [-0.4, -0.2) is 30.9 Å². The van der Waals surface area contributed by atoms with Gasteiger partial charge in [0.2, 0.25) is 11.8 Å². The second-order valence-electron chi connectivity index (χ2n) is 4.41. The summed E-state index contributed by atoms with van der Waals surface area (Å²) in [6.07, 6.45) is 1.44. The average molecular weight is 282 g/mol. The number of carbonyl (C=O) groups excluding carboxylic acids is 2. The minimum absolute atomic E-state index is 0.115. The molecule has 2 rings (SSSR count). The molecular weight excluding hydrogens is 266 g/mol. The predicted octanol–water partition coefficient (Wildman–Crippen LogP) is 0.910. The summed E-state index contributed by atoms with van der Waals surface area (Å²) >= 11 is 6.10. The fraction of sp³-hybridized carbons (Fsp3) is 0.385. The highest BCUT2D eigenvalue weighted by atomic mass is 35.5. The van der Waals surface area contributed by atoms with Crippen LogP contribution >= 0.6 is 11.6 Å². The highest BCUT2D eigenvalue weighted by Gasteiger charge is 2.31. The smallest absolute Gasteiger partial charge is 0.249 e. The zero-order valence-electron chi connectivity index (χ0n) is 10.4. The van der Waals surface area contributed by atoms with Crippen molar-refractivity contribution in [1.82, 2.24) is 5.32 Å². The van der Waals surface area contributed by atoms with Gasteiger partial charge in [-0.15, -0.1) is 0 Å². The van der Waals surface area contributed by atoms with Gasteiger partial charge in [0.15, 0.2) is 0 Å². The summed E-state index contributed by atoms with van der Waals surface area (Å²) < 4.78 is 0. The van der Waals surface area contributed by atoms with E-state index >= 15 is 0 Å². The van der Waals surface area contributed by atoms with Crippen LogP contribution in [0.15, 0.2) is 24.3 Å². The van der Waals surface area contributed by atoms with Crippen LogP contribution in [0, 0.1) is 0 Å². The largest absolute Gasteiger partial charge is 0.343 e. The molecule has 19 heavy (non-hydrogen) atoms. The molecule has 6 heteroatoms. The van der Waals surface area contributed by atoms with E-state index < -0.39 is 6.04 Å². The minimum atomic E-state index is -0.513. The van der Waals surface area contributed by atoms with Crippen LogP contribution in [0.1, 0.15) is 12.8 Å². The molecular formula is C13H16ClN3O2. The number of piperidine rings is 1. The molecule has 0 spiro atoms. The van der Waals surface area contributed by atoms with Gasteiger partial charge >= 0.3 is 0 Å². The lowest BCUT2D eigenvalue weighted by Gasteiger charge is -2.33. The van der Waals surface area contributed by atoms with E-state index in [0.29, 0.717) is 23.7 Å². The minimum Gasteiger partial charge on any atom is -0.343 e. The predicted molar refractivity (Wildman–Crippen MR) is 74.0 cm³/mol. The van der Waals surface area contributed by atoms with Crippen LogP contribution in [0.4, 0.5) is 5.69 Å². The first kappa shape index (κ1) is 13.8. The van der Waals surface area contributed by atoms with Crippen molar-refractivity contribution in [3.8, 4) is 0 Å². The summed E-state index contributed by atoms with van der Waals surface area (Å²) in [5, 5.41) is 3.17. The average Bonchev–Trinajstić information content (AvgIpc) is 2.42. The number of halogens is 1. The Bertz CT molecular complexity index is 493. The summed E-state index contributed by atoms with van der Waals surface area (Å²) in [7, 11) is 0. The van der Waals surface area contributed by atoms with Crippen LogP contribution in [0.25, 0.3) is 0 Å². The van der Waals surface area contributed by atoms with Crippen molar-refractivity contribution in [3.63, 3.8) is 0 Å². The molecule has 3 N–H and O–H groups in total. The standard InChI is InChI=1S/C13H16ClN3O2/c14-9-4-1-2-6-11(9)17-7-3-5-10(13(17)19)16-12(18)8-15/h1-2,4,6,10H,3,5,7-8,15H2,(H,16,18). The molecule has 0 saturated carbocycles. The van der Waals surface area contributed by atoms with E-state index in [2.05, 4.69) is 5.32 Å². The molecule has 1 fully saturated rings. The summed E-state index contributed by atoms with van der Waals surface area (Å²) in [5.74, 6) is -0.458. The fourth-order valence-corrected chi connectivity index (χ4v) is 2.41. The lowest BCUT2D eigenvalue weighted by molar-refractivity contribution is -0.127. The summed E-state index contributed by atoms with van der Waals surface area (Å²) in [4.78, 5) is 25.3. The zero-order valence-corrected chi connectivity index (χ0v) is 11.2. The molecule has 1 aromatic rings. The molecule has 5 nitrogen and oxygen atoms in total. The summed E-state index contributed by atoms with van der Waals surface area (Å²) in [6.45, 7) is 0.493. The molecule has 2 amide bonds. The van der Waals surface area contributed by atoms with Gasteiger partial charge in [0.05, 0.1) is 17.3 Å². The van der Waals surface area contributed by atoms with Crippen molar-refractivity contribution in [2.75, 3.05) is 18.0 Å². The number of benzene rings is 1. The van der Waals surface area contributed by atoms with E-state index in [9.17, 15) is 9.59 Å². The number of para-hydroxylation sites is 1. The Morgan fingerprint density at radius 1 is 1.47 bits per heavy atom. The van der Waals surface area contributed by atoms with E-state index in [1.165, 1.54) is 0 Å². The number of nitrogens with zero attached hydrogens (tertiary/aromatic N) is 1. The van der Waals surface area contributed by atoms with Crippen molar-refractivity contribution < 1.29 is 9.59 Å². The Kier molecular flexibility index (Phi) is 4.39. The molecule has 1 aliphatic rings. The quantitative estimate of drug-likeness (QED) is 0.865. The van der Waals surface area contributed by atoms with Gasteiger partial charge in [-0.2, -0.15) is 0 Å². The van der Waals surface area contributed by atoms with Gasteiger partial charge < -0.3 is 16.0 Å². The number of rotatable bonds is 3. The van der Waals surface area contributed by atoms with Crippen molar-refractivity contribution in [1.29, 1.82) is 0 Å². The van der Waals surface area contributed by atoms with Crippen LogP contribution in [0.5, 0.6) is 0 Å². The third-order valence-electron chi connectivity index (χ3n) is 3.10. The SMILES string of the molecule is NCC(=O)NC1CCCN(c2ccccc2Cl)C1=O. The van der Waals surface area contributed by atoms with Crippen molar-refractivity contribution >= 4 is 29.1 Å². The molecule has 102 valence electrons. The number of hydrogen-bond donors (Lipinski definition) is 2. The van der Waals surface area contributed by atoms with Crippen LogP contribution in [-0.2, 0) is 9.59 Å². The van der Waals surface area contributed by atoms with Gasteiger partial charge in [0.25, 0.3) is 0 Å². The molecule has 0 aromatic heterocycles. The van der Waals surface area contributed by atoms with Gasteiger partial charge in [-0.25, -0.2) is 0 Å². The molecule has 1 aromatic carbocycles. The van der Waals surface area contributed by atoms with E-state index in [0.717, 1.165) is 6.42 Å². The van der Waals surface area contributed by atoms with Crippen molar-refractivity contribution in [2.45, 2.75) is 18.9 Å². The van der Waals surface area contributed by atoms with Gasteiger partial charge in [0.1, 0.15) is 6.04 Å². The molecule has 1 unspecified atom stereocenters. The third-order valence-corrected chi connectivity index (χ3v) is 3.42. The molecule has 0 radical (unpaired) electrons. The first-order valence-electron chi connectivity index (χ1n) is 6.19. The first-order chi connectivity index (χ1) is 9.13. The van der Waals surface area contributed by atoms with Gasteiger partial charge in [-0.1, -0.05) is 23.7 Å². The number of hydrogen-bond acceptors (Lipinski definition) is 3. The van der Waals surface area contributed by atoms with Crippen molar-refractivity contribution in [2.24, 2.45) is 5.73 Å². The van der Waals surface area contributed by atoms with E-state index in [-0.39, 0.29) is 18.4 Å². The highest BCUT2D eigenvalue weighted by molar-refractivity contribution is 6.33. The van der Waals surface area contributed by atoms with E-state index in [4.69, 9.17) is 17.3 Å². The Hall–Kier alpha value is -1.59. The molecule has 1 saturated heterocycles. The van der Waals surface area contributed by atoms with Crippen LogP contribution < -0.4 is 16.0 Å². The molecule has 1 aliphatic heterocycles. The molecule has 0 aliphatic carbocycles. The molecule has 1 heterocycles. The van der Waals surface area contributed by atoms with Crippen molar-refractivity contribution in [3.05, 3.63) is 29.3 Å². The van der Waals surface area contributed by atoms with Gasteiger partial charge in [-0.3, -0.25) is 9.59 Å². The topological polar surface area (TPSA) is 75.4 Å².